The van der Waals surface area contributed by atoms with Gasteiger partial charge in [0, 0.05) is 11.8 Å². The predicted octanol–water partition coefficient (Wildman–Crippen LogP) is 4.43. The molecule has 2 saturated heterocycles. The third kappa shape index (κ3) is 4.01. The highest BCUT2D eigenvalue weighted by Gasteiger charge is 2.47. The zero-order chi connectivity index (χ0) is 18.8. The highest BCUT2D eigenvalue weighted by Crippen LogP contribution is 2.45. The fourth-order valence-corrected chi connectivity index (χ4v) is 5.13. The molecule has 3 aliphatic rings. The monoisotopic (exact) mass is 368 g/mol. The number of carboxylic acids is 1. The Hall–Kier alpha value is -1.94. The Morgan fingerprint density at radius 3 is 2.41 bits per heavy atom. The molecule has 0 amide bonds. The maximum absolute atomic E-state index is 12.5. The van der Waals surface area contributed by atoms with Gasteiger partial charge in [-0.3, -0.25) is 4.79 Å². The van der Waals surface area contributed by atoms with E-state index < -0.39 is 5.97 Å². The SMILES string of the molecule is O=C(O)c1ccc(C[C@H]2[C@@H](/C=C/C(=O)C3CCCCC3)[C@H]3CC[C@@H]2O3)cc1. The third-order valence-corrected chi connectivity index (χ3v) is 6.65. The van der Waals surface area contributed by atoms with E-state index in [1.54, 1.807) is 12.1 Å². The first-order valence-electron chi connectivity index (χ1n) is 10.3. The van der Waals surface area contributed by atoms with Crippen LogP contribution >= 0.6 is 0 Å². The van der Waals surface area contributed by atoms with Crippen LogP contribution in [0.25, 0.3) is 0 Å². The summed E-state index contributed by atoms with van der Waals surface area (Å²) in [6, 6.07) is 7.15. The van der Waals surface area contributed by atoms with Gasteiger partial charge in [-0.2, -0.15) is 0 Å². The van der Waals surface area contributed by atoms with Gasteiger partial charge in [0.15, 0.2) is 5.78 Å². The lowest BCUT2D eigenvalue weighted by Crippen LogP contribution is -2.28. The highest BCUT2D eigenvalue weighted by atomic mass is 16.5. The second-order valence-corrected chi connectivity index (χ2v) is 8.33. The Kier molecular flexibility index (Phi) is 5.44. The van der Waals surface area contributed by atoms with Gasteiger partial charge in [0.25, 0.3) is 0 Å². The molecule has 1 aliphatic carbocycles. The smallest absolute Gasteiger partial charge is 0.335 e. The molecule has 1 saturated carbocycles. The van der Waals surface area contributed by atoms with Crippen molar-refractivity contribution in [3.8, 4) is 0 Å². The molecular weight excluding hydrogens is 340 g/mol. The number of carbonyl (C=O) groups is 2. The molecule has 1 aromatic rings. The molecule has 144 valence electrons. The van der Waals surface area contributed by atoms with E-state index in [1.807, 2.05) is 18.2 Å². The van der Waals surface area contributed by atoms with Crippen molar-refractivity contribution in [2.45, 2.75) is 63.6 Å². The molecule has 0 unspecified atom stereocenters. The minimum atomic E-state index is -0.896. The summed E-state index contributed by atoms with van der Waals surface area (Å²) in [5.41, 5.74) is 1.45. The lowest BCUT2D eigenvalue weighted by molar-refractivity contribution is -0.119. The first-order valence-corrected chi connectivity index (χ1v) is 10.3. The second kappa shape index (κ2) is 7.97. The summed E-state index contributed by atoms with van der Waals surface area (Å²) < 4.78 is 6.15. The third-order valence-electron chi connectivity index (χ3n) is 6.65. The molecule has 2 heterocycles. The van der Waals surface area contributed by atoms with Crippen molar-refractivity contribution >= 4 is 11.8 Å². The first kappa shape index (κ1) is 18.4. The fourth-order valence-electron chi connectivity index (χ4n) is 5.13. The highest BCUT2D eigenvalue weighted by molar-refractivity contribution is 5.91. The number of hydrogen-bond donors (Lipinski definition) is 1. The number of rotatable bonds is 6. The second-order valence-electron chi connectivity index (χ2n) is 8.33. The van der Waals surface area contributed by atoms with E-state index in [4.69, 9.17) is 9.84 Å². The molecule has 27 heavy (non-hydrogen) atoms. The van der Waals surface area contributed by atoms with Crippen LogP contribution in [-0.2, 0) is 16.0 Å². The van der Waals surface area contributed by atoms with Crippen LogP contribution in [0.5, 0.6) is 0 Å². The maximum Gasteiger partial charge on any atom is 0.335 e. The first-order chi connectivity index (χ1) is 13.1. The molecule has 2 bridgehead atoms. The number of carbonyl (C=O) groups excluding carboxylic acids is 1. The Balaban J connectivity index is 1.43. The molecule has 4 atom stereocenters. The van der Waals surface area contributed by atoms with E-state index in [0.717, 1.165) is 37.7 Å². The van der Waals surface area contributed by atoms with Gasteiger partial charge in [-0.05, 0) is 61.8 Å². The summed E-state index contributed by atoms with van der Waals surface area (Å²) in [6.07, 6.45) is 13.2. The van der Waals surface area contributed by atoms with Crippen molar-refractivity contribution in [2.75, 3.05) is 0 Å². The van der Waals surface area contributed by atoms with Crippen molar-refractivity contribution in [1.29, 1.82) is 0 Å². The van der Waals surface area contributed by atoms with Crippen LogP contribution in [-0.4, -0.2) is 29.1 Å². The van der Waals surface area contributed by atoms with Crippen molar-refractivity contribution in [2.24, 2.45) is 17.8 Å². The summed E-state index contributed by atoms with van der Waals surface area (Å²) >= 11 is 0. The molecule has 4 rings (SSSR count). The van der Waals surface area contributed by atoms with Gasteiger partial charge in [-0.1, -0.05) is 37.5 Å². The van der Waals surface area contributed by atoms with Crippen molar-refractivity contribution < 1.29 is 19.4 Å². The largest absolute Gasteiger partial charge is 0.478 e. The number of hydrogen-bond acceptors (Lipinski definition) is 3. The van der Waals surface area contributed by atoms with Gasteiger partial charge in [0.05, 0.1) is 17.8 Å². The standard InChI is InChI=1S/C23H28O4/c24-20(16-4-2-1-3-5-16)11-10-18-19(22-13-12-21(18)27-22)14-15-6-8-17(9-7-15)23(25)26/h6-11,16,18-19,21-22H,1-5,12-14H2,(H,25,26)/b11-10+/t18-,19+,21-,22+/m1/s1. The number of benzene rings is 1. The molecule has 0 aromatic heterocycles. The molecule has 1 aromatic carbocycles. The van der Waals surface area contributed by atoms with Gasteiger partial charge in [0.2, 0.25) is 0 Å². The van der Waals surface area contributed by atoms with E-state index in [-0.39, 0.29) is 24.0 Å². The summed E-state index contributed by atoms with van der Waals surface area (Å²) in [4.78, 5) is 23.6. The van der Waals surface area contributed by atoms with Crippen molar-refractivity contribution in [1.82, 2.24) is 0 Å². The lowest BCUT2D eigenvalue weighted by Gasteiger charge is -2.26. The molecular formula is C23H28O4. The van der Waals surface area contributed by atoms with Gasteiger partial charge in [-0.15, -0.1) is 0 Å². The van der Waals surface area contributed by atoms with Crippen LogP contribution < -0.4 is 0 Å². The number of allylic oxidation sites excluding steroid dienone is 1. The maximum atomic E-state index is 12.5. The van der Waals surface area contributed by atoms with Crippen molar-refractivity contribution in [3.05, 3.63) is 47.5 Å². The van der Waals surface area contributed by atoms with Gasteiger partial charge in [-0.25, -0.2) is 4.79 Å². The van der Waals surface area contributed by atoms with Crippen LogP contribution in [0.1, 0.15) is 60.9 Å². The molecule has 1 N–H and O–H groups in total. The minimum absolute atomic E-state index is 0.219. The molecule has 4 heteroatoms. The molecule has 2 aliphatic heterocycles. The van der Waals surface area contributed by atoms with E-state index in [0.29, 0.717) is 17.3 Å². The molecule has 0 spiro atoms. The molecule has 0 radical (unpaired) electrons. The van der Waals surface area contributed by atoms with E-state index in [1.165, 1.54) is 19.3 Å². The Labute approximate surface area is 160 Å². The fraction of sp³-hybridized carbons (Fsp3) is 0.565. The zero-order valence-corrected chi connectivity index (χ0v) is 15.7. The number of fused-ring (bicyclic) bond motifs is 2. The van der Waals surface area contributed by atoms with Crippen LogP contribution in [0.2, 0.25) is 0 Å². The van der Waals surface area contributed by atoms with E-state index in [9.17, 15) is 9.59 Å². The lowest BCUT2D eigenvalue weighted by atomic mass is 9.75. The number of carboxylic acid groups (broad SMARTS) is 1. The van der Waals surface area contributed by atoms with E-state index in [2.05, 4.69) is 6.08 Å². The topological polar surface area (TPSA) is 63.6 Å². The Morgan fingerprint density at radius 1 is 1.00 bits per heavy atom. The predicted molar refractivity (Wildman–Crippen MR) is 103 cm³/mol. The van der Waals surface area contributed by atoms with Crippen LogP contribution in [0.4, 0.5) is 0 Å². The van der Waals surface area contributed by atoms with Crippen molar-refractivity contribution in [3.63, 3.8) is 0 Å². The summed E-state index contributed by atoms with van der Waals surface area (Å²) in [7, 11) is 0. The number of ether oxygens (including phenoxy) is 1. The van der Waals surface area contributed by atoms with Gasteiger partial charge < -0.3 is 9.84 Å². The van der Waals surface area contributed by atoms with Crippen LogP contribution in [0.3, 0.4) is 0 Å². The normalized spacial score (nSPS) is 30.8. The average molecular weight is 368 g/mol. The van der Waals surface area contributed by atoms with Gasteiger partial charge >= 0.3 is 5.97 Å². The summed E-state index contributed by atoms with van der Waals surface area (Å²) in [5, 5.41) is 9.06. The van der Waals surface area contributed by atoms with Gasteiger partial charge in [0.1, 0.15) is 0 Å². The summed E-state index contributed by atoms with van der Waals surface area (Å²) in [6.45, 7) is 0. The number of ketones is 1. The molecule has 4 nitrogen and oxygen atoms in total. The minimum Gasteiger partial charge on any atom is -0.478 e. The Bertz CT molecular complexity index is 714. The zero-order valence-electron chi connectivity index (χ0n) is 15.7. The Morgan fingerprint density at radius 2 is 1.70 bits per heavy atom. The van der Waals surface area contributed by atoms with Crippen LogP contribution in [0.15, 0.2) is 36.4 Å². The average Bonchev–Trinajstić information content (AvgIpc) is 3.29. The number of aromatic carboxylic acids is 1. The summed E-state index contributed by atoms with van der Waals surface area (Å²) in [5.74, 6) is 0.274. The van der Waals surface area contributed by atoms with Crippen LogP contribution in [0, 0.1) is 17.8 Å². The van der Waals surface area contributed by atoms with E-state index >= 15 is 0 Å². The molecule has 3 fully saturated rings. The quantitative estimate of drug-likeness (QED) is 0.755.